The molecule has 0 fully saturated rings. The first-order valence-electron chi connectivity index (χ1n) is 6.16. The fraction of sp³-hybridized carbons (Fsp3) is 0.357. The zero-order valence-electron chi connectivity index (χ0n) is 10.9. The molecule has 0 atom stereocenters. The maximum absolute atomic E-state index is 13.1. The molecule has 102 valence electrons. The standard InChI is InChI=1S/C14H16F2N2S/c1-9(2)6-17-7-14-18-13(8-19-14)10-3-11(15)5-12(16)4-10/h3-5,8-9,17H,6-7H2,1-2H3. The number of halogens is 2. The molecule has 1 aromatic carbocycles. The summed E-state index contributed by atoms with van der Waals surface area (Å²) >= 11 is 1.49. The molecule has 0 bridgehead atoms. The molecule has 0 radical (unpaired) electrons. The van der Waals surface area contributed by atoms with Crippen LogP contribution in [-0.2, 0) is 6.54 Å². The number of benzene rings is 1. The van der Waals surface area contributed by atoms with E-state index in [-0.39, 0.29) is 0 Å². The van der Waals surface area contributed by atoms with Crippen LogP contribution < -0.4 is 5.32 Å². The van der Waals surface area contributed by atoms with Gasteiger partial charge in [-0.15, -0.1) is 11.3 Å². The van der Waals surface area contributed by atoms with Crippen LogP contribution in [-0.4, -0.2) is 11.5 Å². The molecule has 0 saturated carbocycles. The summed E-state index contributed by atoms with van der Waals surface area (Å²) < 4.78 is 26.3. The Bertz CT molecular complexity index is 532. The normalized spacial score (nSPS) is 11.2. The van der Waals surface area contributed by atoms with Gasteiger partial charge in [-0.1, -0.05) is 13.8 Å². The number of nitrogens with zero attached hydrogens (tertiary/aromatic N) is 1. The molecule has 2 nitrogen and oxygen atoms in total. The van der Waals surface area contributed by atoms with E-state index in [1.165, 1.54) is 23.5 Å². The van der Waals surface area contributed by atoms with Gasteiger partial charge in [-0.2, -0.15) is 0 Å². The molecule has 1 heterocycles. The van der Waals surface area contributed by atoms with Gasteiger partial charge in [0.2, 0.25) is 0 Å². The lowest BCUT2D eigenvalue weighted by Gasteiger charge is -2.04. The molecular formula is C14H16F2N2S. The summed E-state index contributed by atoms with van der Waals surface area (Å²) in [5.41, 5.74) is 1.09. The molecule has 0 unspecified atom stereocenters. The van der Waals surface area contributed by atoms with Crippen LogP contribution in [0.2, 0.25) is 0 Å². The monoisotopic (exact) mass is 282 g/mol. The second kappa shape index (κ2) is 6.21. The van der Waals surface area contributed by atoms with Gasteiger partial charge < -0.3 is 5.32 Å². The minimum atomic E-state index is -0.581. The van der Waals surface area contributed by atoms with Crippen LogP contribution in [0.25, 0.3) is 11.3 Å². The third-order valence-electron chi connectivity index (χ3n) is 2.54. The van der Waals surface area contributed by atoms with Crippen LogP contribution in [0.4, 0.5) is 8.78 Å². The Morgan fingerprint density at radius 3 is 2.53 bits per heavy atom. The van der Waals surface area contributed by atoms with Crippen molar-refractivity contribution in [1.82, 2.24) is 10.3 Å². The SMILES string of the molecule is CC(C)CNCc1nc(-c2cc(F)cc(F)c2)cs1. The van der Waals surface area contributed by atoms with Gasteiger partial charge in [-0.3, -0.25) is 0 Å². The van der Waals surface area contributed by atoms with E-state index < -0.39 is 11.6 Å². The van der Waals surface area contributed by atoms with Gasteiger partial charge in [0.1, 0.15) is 16.6 Å². The highest BCUT2D eigenvalue weighted by atomic mass is 32.1. The predicted octanol–water partition coefficient (Wildman–Crippen LogP) is 3.83. The molecule has 2 aromatic rings. The molecule has 0 aliphatic heterocycles. The highest BCUT2D eigenvalue weighted by Gasteiger charge is 2.07. The summed E-state index contributed by atoms with van der Waals surface area (Å²) in [5, 5.41) is 6.03. The van der Waals surface area contributed by atoms with Crippen LogP contribution in [0.15, 0.2) is 23.6 Å². The Kier molecular flexibility index (Phi) is 4.61. The zero-order valence-corrected chi connectivity index (χ0v) is 11.7. The van der Waals surface area contributed by atoms with Crippen molar-refractivity contribution in [1.29, 1.82) is 0 Å². The van der Waals surface area contributed by atoms with Crippen molar-refractivity contribution >= 4 is 11.3 Å². The molecule has 0 spiro atoms. The number of aromatic nitrogens is 1. The largest absolute Gasteiger partial charge is 0.310 e. The highest BCUT2D eigenvalue weighted by molar-refractivity contribution is 7.09. The van der Waals surface area contributed by atoms with Crippen LogP contribution in [0.5, 0.6) is 0 Å². The smallest absolute Gasteiger partial charge is 0.126 e. The Labute approximate surface area is 115 Å². The Hall–Kier alpha value is -1.33. The van der Waals surface area contributed by atoms with Gasteiger partial charge in [-0.05, 0) is 24.6 Å². The first kappa shape index (κ1) is 14.1. The quantitative estimate of drug-likeness (QED) is 0.901. The summed E-state index contributed by atoms with van der Waals surface area (Å²) in [4.78, 5) is 4.38. The molecule has 1 N–H and O–H groups in total. The first-order valence-corrected chi connectivity index (χ1v) is 7.04. The Balaban J connectivity index is 2.07. The van der Waals surface area contributed by atoms with E-state index in [9.17, 15) is 8.78 Å². The summed E-state index contributed by atoms with van der Waals surface area (Å²) in [6.07, 6.45) is 0. The van der Waals surface area contributed by atoms with Crippen LogP contribution in [0, 0.1) is 17.6 Å². The lowest BCUT2D eigenvalue weighted by Crippen LogP contribution is -2.18. The molecule has 1 aromatic heterocycles. The molecule has 2 rings (SSSR count). The third-order valence-corrected chi connectivity index (χ3v) is 3.39. The minimum Gasteiger partial charge on any atom is -0.310 e. The van der Waals surface area contributed by atoms with E-state index in [1.54, 1.807) is 0 Å². The molecule has 19 heavy (non-hydrogen) atoms. The average molecular weight is 282 g/mol. The van der Waals surface area contributed by atoms with Crippen LogP contribution >= 0.6 is 11.3 Å². The average Bonchev–Trinajstić information content (AvgIpc) is 2.76. The fourth-order valence-electron chi connectivity index (χ4n) is 1.69. The molecule has 0 aliphatic rings. The van der Waals surface area contributed by atoms with Crippen molar-refractivity contribution in [2.75, 3.05) is 6.54 Å². The number of nitrogens with one attached hydrogen (secondary N) is 1. The van der Waals surface area contributed by atoms with Gasteiger partial charge >= 0.3 is 0 Å². The minimum absolute atomic E-state index is 0.476. The molecule has 0 aliphatic carbocycles. The summed E-state index contributed by atoms with van der Waals surface area (Å²) in [7, 11) is 0. The topological polar surface area (TPSA) is 24.9 Å². The molecular weight excluding hydrogens is 266 g/mol. The Morgan fingerprint density at radius 2 is 1.89 bits per heavy atom. The van der Waals surface area contributed by atoms with E-state index >= 15 is 0 Å². The lowest BCUT2D eigenvalue weighted by molar-refractivity contribution is 0.551. The van der Waals surface area contributed by atoms with E-state index in [0.717, 1.165) is 17.6 Å². The summed E-state index contributed by atoms with van der Waals surface area (Å²) in [6.45, 7) is 5.87. The summed E-state index contributed by atoms with van der Waals surface area (Å²) in [5.74, 6) is -0.582. The first-order chi connectivity index (χ1) is 9.04. The second-order valence-corrected chi connectivity index (χ2v) is 5.75. The summed E-state index contributed by atoms with van der Waals surface area (Å²) in [6, 6.07) is 3.45. The number of thiazole rings is 1. The van der Waals surface area contributed by atoms with Crippen molar-refractivity contribution in [3.8, 4) is 11.3 Å². The van der Waals surface area contributed by atoms with E-state index in [1.807, 2.05) is 5.38 Å². The number of rotatable bonds is 5. The number of hydrogen-bond donors (Lipinski definition) is 1. The van der Waals surface area contributed by atoms with E-state index in [0.29, 0.717) is 23.7 Å². The fourth-order valence-corrected chi connectivity index (χ4v) is 2.47. The van der Waals surface area contributed by atoms with Crippen molar-refractivity contribution < 1.29 is 8.78 Å². The van der Waals surface area contributed by atoms with Crippen LogP contribution in [0.1, 0.15) is 18.9 Å². The Morgan fingerprint density at radius 1 is 1.21 bits per heavy atom. The van der Waals surface area contributed by atoms with Crippen molar-refractivity contribution in [3.63, 3.8) is 0 Å². The van der Waals surface area contributed by atoms with Crippen molar-refractivity contribution in [2.45, 2.75) is 20.4 Å². The molecule has 0 saturated heterocycles. The molecule has 0 amide bonds. The maximum Gasteiger partial charge on any atom is 0.126 e. The second-order valence-electron chi connectivity index (χ2n) is 4.81. The van der Waals surface area contributed by atoms with Gasteiger partial charge in [0, 0.05) is 23.6 Å². The third kappa shape index (κ3) is 4.08. The van der Waals surface area contributed by atoms with Gasteiger partial charge in [-0.25, -0.2) is 13.8 Å². The maximum atomic E-state index is 13.1. The number of hydrogen-bond acceptors (Lipinski definition) is 3. The van der Waals surface area contributed by atoms with Crippen LogP contribution in [0.3, 0.4) is 0 Å². The van der Waals surface area contributed by atoms with E-state index in [2.05, 4.69) is 24.1 Å². The zero-order chi connectivity index (χ0) is 13.8. The van der Waals surface area contributed by atoms with Gasteiger partial charge in [0.05, 0.1) is 5.69 Å². The van der Waals surface area contributed by atoms with Gasteiger partial charge in [0.25, 0.3) is 0 Å². The van der Waals surface area contributed by atoms with Gasteiger partial charge in [0.15, 0.2) is 0 Å². The van der Waals surface area contributed by atoms with Crippen molar-refractivity contribution in [2.24, 2.45) is 5.92 Å². The van der Waals surface area contributed by atoms with E-state index in [4.69, 9.17) is 0 Å². The van der Waals surface area contributed by atoms with Crippen molar-refractivity contribution in [3.05, 3.63) is 40.2 Å². The molecule has 5 heteroatoms. The highest BCUT2D eigenvalue weighted by Crippen LogP contribution is 2.23. The lowest BCUT2D eigenvalue weighted by atomic mass is 10.1. The predicted molar refractivity (Wildman–Crippen MR) is 74.0 cm³/mol.